The summed E-state index contributed by atoms with van der Waals surface area (Å²) in [4.78, 5) is 20.4. The number of amides is 4. The molecule has 6 N–H and O–H groups in total. The van der Waals surface area contributed by atoms with Crippen molar-refractivity contribution in [3.63, 3.8) is 0 Å². The van der Waals surface area contributed by atoms with E-state index >= 15 is 0 Å². The average molecular weight is 469 g/mol. The number of hydrogen-bond acceptors (Lipinski definition) is 6. The lowest BCUT2D eigenvalue weighted by Gasteiger charge is -2.05. The number of urea groups is 2. The van der Waals surface area contributed by atoms with E-state index in [1.54, 1.807) is 21.6 Å². The SMILES string of the molecule is NC(=O)NS(=O)(=O)c1ccccc1Cl.NC(=O)NS(=O)(=O)c1ccccc1Cl. The van der Waals surface area contributed by atoms with Crippen LogP contribution in [0.25, 0.3) is 0 Å². The average Bonchev–Trinajstić information content (AvgIpc) is 2.53. The highest BCUT2D eigenvalue weighted by Crippen LogP contribution is 2.20. The standard InChI is InChI=1S/2C7H7ClN2O3S/c2*8-5-3-1-2-4-6(5)14(12,13)10-7(9)11/h2*1-4H,(H3,9,10,11). The number of halogens is 2. The molecule has 152 valence electrons. The van der Waals surface area contributed by atoms with Crippen LogP contribution in [0.4, 0.5) is 9.59 Å². The van der Waals surface area contributed by atoms with E-state index in [0.717, 1.165) is 0 Å². The molecule has 0 bridgehead atoms. The predicted octanol–water partition coefficient (Wildman–Crippen LogP) is 1.39. The topological polar surface area (TPSA) is 179 Å². The minimum atomic E-state index is -3.95. The summed E-state index contributed by atoms with van der Waals surface area (Å²) in [6.07, 6.45) is 0. The van der Waals surface area contributed by atoms with Gasteiger partial charge in [-0.3, -0.25) is 0 Å². The van der Waals surface area contributed by atoms with Crippen LogP contribution in [0.15, 0.2) is 58.3 Å². The number of nitrogens with one attached hydrogen (secondary N) is 2. The molecule has 2 aromatic carbocycles. The van der Waals surface area contributed by atoms with Crippen molar-refractivity contribution in [2.24, 2.45) is 11.5 Å². The number of carbonyl (C=O) groups excluding carboxylic acids is 2. The normalized spacial score (nSPS) is 10.9. The number of sulfonamides is 2. The third-order valence-corrected chi connectivity index (χ3v) is 6.42. The smallest absolute Gasteiger partial charge is 0.326 e. The van der Waals surface area contributed by atoms with Gasteiger partial charge in [-0.15, -0.1) is 0 Å². The largest absolute Gasteiger partial charge is 0.351 e. The van der Waals surface area contributed by atoms with Gasteiger partial charge in [0.05, 0.1) is 10.0 Å². The molecule has 0 aromatic heterocycles. The Morgan fingerprint density at radius 1 is 0.679 bits per heavy atom. The van der Waals surface area contributed by atoms with Crippen LogP contribution in [0, 0.1) is 0 Å². The lowest BCUT2D eigenvalue weighted by atomic mass is 10.4. The highest BCUT2D eigenvalue weighted by atomic mass is 35.5. The zero-order chi connectivity index (χ0) is 21.5. The predicted molar refractivity (Wildman–Crippen MR) is 103 cm³/mol. The van der Waals surface area contributed by atoms with E-state index in [1.807, 2.05) is 0 Å². The molecule has 0 saturated heterocycles. The molecule has 0 unspecified atom stereocenters. The van der Waals surface area contributed by atoms with Crippen molar-refractivity contribution in [3.05, 3.63) is 58.6 Å². The molecule has 0 heterocycles. The molecule has 2 aromatic rings. The Labute approximate surface area is 170 Å². The summed E-state index contributed by atoms with van der Waals surface area (Å²) < 4.78 is 48.7. The third kappa shape index (κ3) is 6.88. The second kappa shape index (κ2) is 9.59. The van der Waals surface area contributed by atoms with Crippen molar-refractivity contribution in [2.45, 2.75) is 9.79 Å². The van der Waals surface area contributed by atoms with Crippen LogP contribution in [-0.4, -0.2) is 28.9 Å². The van der Waals surface area contributed by atoms with Crippen LogP contribution in [0.3, 0.4) is 0 Å². The van der Waals surface area contributed by atoms with E-state index in [2.05, 4.69) is 0 Å². The van der Waals surface area contributed by atoms with Crippen LogP contribution in [0.1, 0.15) is 0 Å². The zero-order valence-corrected chi connectivity index (χ0v) is 16.9. The molecule has 0 aliphatic heterocycles. The molecule has 0 saturated carbocycles. The fourth-order valence-electron chi connectivity index (χ4n) is 1.70. The van der Waals surface area contributed by atoms with Crippen molar-refractivity contribution in [1.82, 2.24) is 9.44 Å². The second-order valence-electron chi connectivity index (χ2n) is 4.80. The van der Waals surface area contributed by atoms with Crippen LogP contribution in [0.2, 0.25) is 10.0 Å². The van der Waals surface area contributed by atoms with E-state index in [4.69, 9.17) is 34.7 Å². The van der Waals surface area contributed by atoms with Gasteiger partial charge in [0, 0.05) is 0 Å². The summed E-state index contributed by atoms with van der Waals surface area (Å²) in [6.45, 7) is 0. The molecule has 0 radical (unpaired) electrons. The number of primary amides is 2. The Bertz CT molecular complexity index is 1000. The van der Waals surface area contributed by atoms with Crippen molar-refractivity contribution < 1.29 is 26.4 Å². The molecule has 14 heteroatoms. The molecule has 10 nitrogen and oxygen atoms in total. The van der Waals surface area contributed by atoms with Gasteiger partial charge in [-0.1, -0.05) is 47.5 Å². The summed E-state index contributed by atoms with van der Waals surface area (Å²) in [5.74, 6) is 0. The molecule has 2 rings (SSSR count). The minimum absolute atomic E-state index is 0.0289. The van der Waals surface area contributed by atoms with Crippen LogP contribution >= 0.6 is 23.2 Å². The van der Waals surface area contributed by atoms with Crippen LogP contribution < -0.4 is 20.9 Å². The molecule has 0 atom stereocenters. The Morgan fingerprint density at radius 2 is 0.964 bits per heavy atom. The van der Waals surface area contributed by atoms with Gasteiger partial charge in [0.1, 0.15) is 9.79 Å². The van der Waals surface area contributed by atoms with E-state index < -0.39 is 32.1 Å². The van der Waals surface area contributed by atoms with Crippen molar-refractivity contribution in [3.8, 4) is 0 Å². The van der Waals surface area contributed by atoms with E-state index in [1.165, 1.54) is 36.4 Å². The minimum Gasteiger partial charge on any atom is -0.351 e. The molecule has 28 heavy (non-hydrogen) atoms. The van der Waals surface area contributed by atoms with E-state index in [-0.39, 0.29) is 19.8 Å². The molecule has 0 aliphatic rings. The van der Waals surface area contributed by atoms with Gasteiger partial charge in [0.25, 0.3) is 20.0 Å². The molecular formula is C14H14Cl2N4O6S2. The number of benzene rings is 2. The van der Waals surface area contributed by atoms with Gasteiger partial charge in [-0.2, -0.15) is 0 Å². The monoisotopic (exact) mass is 468 g/mol. The highest BCUT2D eigenvalue weighted by molar-refractivity contribution is 7.90. The first-order chi connectivity index (χ1) is 12.9. The van der Waals surface area contributed by atoms with Crippen LogP contribution in [0.5, 0.6) is 0 Å². The molecule has 0 aliphatic carbocycles. The van der Waals surface area contributed by atoms with Crippen molar-refractivity contribution >= 4 is 55.3 Å². The van der Waals surface area contributed by atoms with Gasteiger partial charge < -0.3 is 11.5 Å². The lowest BCUT2D eigenvalue weighted by molar-refractivity contribution is 0.252. The maximum Gasteiger partial charge on any atom is 0.326 e. The van der Waals surface area contributed by atoms with Crippen molar-refractivity contribution in [1.29, 1.82) is 0 Å². The third-order valence-electron chi connectivity index (χ3n) is 2.72. The Morgan fingerprint density at radius 3 is 1.21 bits per heavy atom. The van der Waals surface area contributed by atoms with Gasteiger partial charge in [0.15, 0.2) is 0 Å². The number of hydrogen-bond donors (Lipinski definition) is 4. The number of carbonyl (C=O) groups is 2. The zero-order valence-electron chi connectivity index (χ0n) is 13.8. The maximum absolute atomic E-state index is 11.4. The summed E-state index contributed by atoms with van der Waals surface area (Å²) in [5, 5.41) is 0.0579. The van der Waals surface area contributed by atoms with Gasteiger partial charge in [-0.25, -0.2) is 35.9 Å². The second-order valence-corrected chi connectivity index (χ2v) is 8.92. The van der Waals surface area contributed by atoms with Crippen LogP contribution in [-0.2, 0) is 20.0 Å². The van der Waals surface area contributed by atoms with Gasteiger partial charge in [0.2, 0.25) is 0 Å². The number of rotatable bonds is 4. The van der Waals surface area contributed by atoms with Gasteiger partial charge in [-0.05, 0) is 24.3 Å². The highest BCUT2D eigenvalue weighted by Gasteiger charge is 2.19. The first-order valence-corrected chi connectivity index (χ1v) is 10.7. The molecule has 0 fully saturated rings. The van der Waals surface area contributed by atoms with Crippen molar-refractivity contribution in [2.75, 3.05) is 0 Å². The summed E-state index contributed by atoms with van der Waals surface area (Å²) >= 11 is 11.2. The first-order valence-electron chi connectivity index (χ1n) is 7.00. The maximum atomic E-state index is 11.4. The summed E-state index contributed by atoms with van der Waals surface area (Å²) in [5.41, 5.74) is 9.39. The summed E-state index contributed by atoms with van der Waals surface area (Å²) in [7, 11) is -7.89. The van der Waals surface area contributed by atoms with E-state index in [0.29, 0.717) is 0 Å². The fraction of sp³-hybridized carbons (Fsp3) is 0. The van der Waals surface area contributed by atoms with E-state index in [9.17, 15) is 26.4 Å². The molecule has 0 spiro atoms. The summed E-state index contributed by atoms with van der Waals surface area (Å²) in [6, 6.07) is 9.17. The van der Waals surface area contributed by atoms with Gasteiger partial charge >= 0.3 is 12.1 Å². The molecule has 4 amide bonds. The number of nitrogens with two attached hydrogens (primary N) is 2. The fourth-order valence-corrected chi connectivity index (χ4v) is 4.50. The molecular weight excluding hydrogens is 455 g/mol. The Hall–Kier alpha value is -2.54. The Kier molecular flexibility index (Phi) is 8.05. The Balaban J connectivity index is 0.000000280. The quantitative estimate of drug-likeness (QED) is 0.525. The lowest BCUT2D eigenvalue weighted by Crippen LogP contribution is -2.35. The first kappa shape index (κ1) is 23.5.